The molecule has 0 heterocycles. The topological polar surface area (TPSA) is 78.9 Å². The lowest BCUT2D eigenvalue weighted by molar-refractivity contribution is -0.167. The standard InChI is InChI=1S/C74H136O6/c1-4-7-10-13-16-19-22-25-28-30-32-33-34-35-36-37-38-39-40-41-42-44-46-49-52-55-58-61-64-67-73(76)79-70-71(69-78-72(75)66-63-60-57-54-51-48-45-27-24-21-18-15-12-9-6-3)80-74(77)68-65-62-59-56-53-50-47-43-31-29-26-23-20-17-14-11-8-5-2/h22,25,27,29-32,45,71H,4-21,23-24,26,28,33-44,46-70H2,1-3H3/b25-22-,31-29-,32-30-,45-27-. The number of hydrogen-bond donors (Lipinski definition) is 0. The number of carbonyl (C=O) groups is 3. The van der Waals surface area contributed by atoms with Crippen molar-refractivity contribution in [3.8, 4) is 0 Å². The molecule has 1 atom stereocenters. The number of esters is 3. The molecule has 0 rings (SSSR count). The Balaban J connectivity index is 4.23. The number of ether oxygens (including phenoxy) is 3. The molecule has 0 N–H and O–H groups in total. The van der Waals surface area contributed by atoms with Crippen LogP contribution in [-0.4, -0.2) is 37.2 Å². The van der Waals surface area contributed by atoms with Crippen LogP contribution in [0.3, 0.4) is 0 Å². The molecule has 0 aliphatic carbocycles. The molecule has 0 radical (unpaired) electrons. The molecule has 0 aromatic carbocycles. The van der Waals surface area contributed by atoms with E-state index in [-0.39, 0.29) is 31.1 Å². The van der Waals surface area contributed by atoms with Gasteiger partial charge in [0.1, 0.15) is 13.2 Å². The first kappa shape index (κ1) is 77.4. The third-order valence-corrected chi connectivity index (χ3v) is 16.0. The number of hydrogen-bond acceptors (Lipinski definition) is 6. The van der Waals surface area contributed by atoms with Crippen LogP contribution in [0.25, 0.3) is 0 Å². The maximum absolute atomic E-state index is 12.9. The number of allylic oxidation sites excluding steroid dienone is 8. The van der Waals surface area contributed by atoms with E-state index in [0.29, 0.717) is 19.3 Å². The molecule has 1 unspecified atom stereocenters. The number of carbonyl (C=O) groups excluding carboxylic acids is 3. The SMILES string of the molecule is CCCCCCC/C=C\C/C=C\CCCCCCCCCCCCCCCCCCCC(=O)OCC(COC(=O)CCCCCCC/C=C\CCCCCCCC)OC(=O)CCCCCCCCC/C=C\CCCCCCCCC. The van der Waals surface area contributed by atoms with Crippen LogP contribution >= 0.6 is 0 Å². The molecule has 0 saturated heterocycles. The van der Waals surface area contributed by atoms with E-state index in [1.54, 1.807) is 0 Å². The smallest absolute Gasteiger partial charge is 0.306 e. The highest BCUT2D eigenvalue weighted by Crippen LogP contribution is 2.18. The molecule has 468 valence electrons. The minimum atomic E-state index is -0.778. The quantitative estimate of drug-likeness (QED) is 0.0261. The van der Waals surface area contributed by atoms with Gasteiger partial charge in [-0.2, -0.15) is 0 Å². The largest absolute Gasteiger partial charge is 0.462 e. The summed E-state index contributed by atoms with van der Waals surface area (Å²) in [6.07, 6.45) is 87.1. The molecule has 6 nitrogen and oxygen atoms in total. The van der Waals surface area contributed by atoms with Gasteiger partial charge >= 0.3 is 17.9 Å². The third-order valence-electron chi connectivity index (χ3n) is 16.0. The normalized spacial score (nSPS) is 12.3. The fourth-order valence-corrected chi connectivity index (χ4v) is 10.6. The second-order valence-corrected chi connectivity index (χ2v) is 24.1. The third kappa shape index (κ3) is 66.2. The highest BCUT2D eigenvalue weighted by Gasteiger charge is 2.19. The van der Waals surface area contributed by atoms with Crippen molar-refractivity contribution < 1.29 is 28.6 Å². The van der Waals surface area contributed by atoms with Crippen molar-refractivity contribution in [3.05, 3.63) is 48.6 Å². The van der Waals surface area contributed by atoms with Crippen molar-refractivity contribution in [2.75, 3.05) is 13.2 Å². The van der Waals surface area contributed by atoms with Crippen molar-refractivity contribution in [1.29, 1.82) is 0 Å². The van der Waals surface area contributed by atoms with Gasteiger partial charge in [0.2, 0.25) is 0 Å². The van der Waals surface area contributed by atoms with E-state index in [9.17, 15) is 14.4 Å². The van der Waals surface area contributed by atoms with Crippen LogP contribution in [0.2, 0.25) is 0 Å². The fraction of sp³-hybridized carbons (Fsp3) is 0.851. The van der Waals surface area contributed by atoms with Gasteiger partial charge in [-0.15, -0.1) is 0 Å². The van der Waals surface area contributed by atoms with Crippen LogP contribution < -0.4 is 0 Å². The molecule has 6 heteroatoms. The minimum absolute atomic E-state index is 0.0735. The van der Waals surface area contributed by atoms with Crippen molar-refractivity contribution in [2.45, 2.75) is 393 Å². The van der Waals surface area contributed by atoms with Crippen LogP contribution in [0, 0.1) is 0 Å². The summed E-state index contributed by atoms with van der Waals surface area (Å²) in [5.41, 5.74) is 0. The van der Waals surface area contributed by atoms with Gasteiger partial charge in [0.15, 0.2) is 6.10 Å². The second kappa shape index (κ2) is 68.9. The lowest BCUT2D eigenvalue weighted by atomic mass is 10.0. The van der Waals surface area contributed by atoms with Crippen LogP contribution in [-0.2, 0) is 28.6 Å². The Bertz CT molecular complexity index is 1380. The summed E-state index contributed by atoms with van der Waals surface area (Å²) in [5.74, 6) is -0.861. The van der Waals surface area contributed by atoms with Crippen LogP contribution in [0.4, 0.5) is 0 Å². The van der Waals surface area contributed by atoms with E-state index >= 15 is 0 Å². The van der Waals surface area contributed by atoms with E-state index in [2.05, 4.69) is 69.4 Å². The van der Waals surface area contributed by atoms with Gasteiger partial charge in [-0.1, -0.05) is 313 Å². The maximum Gasteiger partial charge on any atom is 0.306 e. The Morgan fingerprint density at radius 2 is 0.450 bits per heavy atom. The molecule has 0 bridgehead atoms. The van der Waals surface area contributed by atoms with Gasteiger partial charge in [-0.25, -0.2) is 0 Å². The van der Waals surface area contributed by atoms with Gasteiger partial charge in [0, 0.05) is 19.3 Å². The minimum Gasteiger partial charge on any atom is -0.462 e. The van der Waals surface area contributed by atoms with E-state index < -0.39 is 6.10 Å². The zero-order valence-electron chi connectivity index (χ0n) is 53.9. The first-order chi connectivity index (χ1) is 39.5. The zero-order valence-corrected chi connectivity index (χ0v) is 53.9. The monoisotopic (exact) mass is 1120 g/mol. The molecule has 0 amide bonds. The van der Waals surface area contributed by atoms with Crippen molar-refractivity contribution >= 4 is 17.9 Å². The van der Waals surface area contributed by atoms with Crippen molar-refractivity contribution in [2.24, 2.45) is 0 Å². The van der Waals surface area contributed by atoms with Crippen molar-refractivity contribution in [3.63, 3.8) is 0 Å². The summed E-state index contributed by atoms with van der Waals surface area (Å²) >= 11 is 0. The summed E-state index contributed by atoms with van der Waals surface area (Å²) in [6, 6.07) is 0. The van der Waals surface area contributed by atoms with Crippen LogP contribution in [0.5, 0.6) is 0 Å². The first-order valence-corrected chi connectivity index (χ1v) is 35.6. The fourth-order valence-electron chi connectivity index (χ4n) is 10.6. The van der Waals surface area contributed by atoms with Gasteiger partial charge in [0.25, 0.3) is 0 Å². The molecule has 0 aromatic heterocycles. The lowest BCUT2D eigenvalue weighted by Gasteiger charge is -2.18. The summed E-state index contributed by atoms with van der Waals surface area (Å²) in [7, 11) is 0. The van der Waals surface area contributed by atoms with E-state index in [0.717, 1.165) is 70.6 Å². The molecule has 0 fully saturated rings. The van der Waals surface area contributed by atoms with Gasteiger partial charge in [0.05, 0.1) is 0 Å². The maximum atomic E-state index is 12.9. The molecule has 80 heavy (non-hydrogen) atoms. The Kier molecular flexibility index (Phi) is 66.6. The van der Waals surface area contributed by atoms with Gasteiger partial charge < -0.3 is 14.2 Å². The van der Waals surface area contributed by atoms with E-state index in [1.807, 2.05) is 0 Å². The Labute approximate surface area is 498 Å². The first-order valence-electron chi connectivity index (χ1n) is 35.6. The lowest BCUT2D eigenvalue weighted by Crippen LogP contribution is -2.30. The summed E-state index contributed by atoms with van der Waals surface area (Å²) in [4.78, 5) is 38.4. The molecule has 0 aromatic rings. The van der Waals surface area contributed by atoms with Gasteiger partial charge in [-0.3, -0.25) is 14.4 Å². The Morgan fingerprint density at radius 3 is 0.700 bits per heavy atom. The number of rotatable bonds is 66. The Hall–Kier alpha value is -2.63. The average Bonchev–Trinajstić information content (AvgIpc) is 3.46. The van der Waals surface area contributed by atoms with E-state index in [4.69, 9.17) is 14.2 Å². The number of unbranched alkanes of at least 4 members (excludes halogenated alkanes) is 47. The molecular formula is C74H136O6. The Morgan fingerprint density at radius 1 is 0.250 bits per heavy atom. The van der Waals surface area contributed by atoms with E-state index in [1.165, 1.54) is 276 Å². The molecule has 0 aliphatic heterocycles. The average molecular weight is 1120 g/mol. The van der Waals surface area contributed by atoms with Gasteiger partial charge in [-0.05, 0) is 103 Å². The highest BCUT2D eigenvalue weighted by molar-refractivity contribution is 5.71. The predicted octanol–water partition coefficient (Wildman–Crippen LogP) is 24.5. The molecular weight excluding hydrogens is 985 g/mol. The zero-order chi connectivity index (χ0) is 57.8. The highest BCUT2D eigenvalue weighted by atomic mass is 16.6. The summed E-state index contributed by atoms with van der Waals surface area (Å²) in [5, 5.41) is 0. The van der Waals surface area contributed by atoms with Crippen molar-refractivity contribution in [1.82, 2.24) is 0 Å². The molecule has 0 saturated carbocycles. The predicted molar refractivity (Wildman–Crippen MR) is 349 cm³/mol. The van der Waals surface area contributed by atoms with Crippen LogP contribution in [0.1, 0.15) is 387 Å². The summed E-state index contributed by atoms with van der Waals surface area (Å²) < 4.78 is 17.0. The second-order valence-electron chi connectivity index (χ2n) is 24.1. The molecule has 0 aliphatic rings. The van der Waals surface area contributed by atoms with Crippen LogP contribution in [0.15, 0.2) is 48.6 Å². The summed E-state index contributed by atoms with van der Waals surface area (Å²) in [6.45, 7) is 6.67. The molecule has 0 spiro atoms.